The number of nitrogens with zero attached hydrogens (tertiary/aromatic N) is 2. The molecular formula is C23H20ClN3O4. The number of rotatable bonds is 6. The third-order valence-electron chi connectivity index (χ3n) is 4.83. The van der Waals surface area contributed by atoms with Crippen LogP contribution in [0, 0.1) is 0 Å². The van der Waals surface area contributed by atoms with Gasteiger partial charge in [0.1, 0.15) is 12.2 Å². The first-order valence-electron chi connectivity index (χ1n) is 9.63. The lowest BCUT2D eigenvalue weighted by atomic mass is 10.1. The van der Waals surface area contributed by atoms with E-state index >= 15 is 0 Å². The van der Waals surface area contributed by atoms with Crippen molar-refractivity contribution in [3.8, 4) is 5.75 Å². The average Bonchev–Trinajstić information content (AvgIpc) is 3.20. The van der Waals surface area contributed by atoms with Gasteiger partial charge in [-0.1, -0.05) is 40.9 Å². The number of carbonyl (C=O) groups excluding carboxylic acids is 2. The molecule has 0 atom stereocenters. The normalized spacial score (nSPS) is 12.1. The Morgan fingerprint density at radius 2 is 1.81 bits per heavy atom. The number of anilines is 2. The highest BCUT2D eigenvalue weighted by molar-refractivity contribution is 6.30. The smallest absolute Gasteiger partial charge is 0.251 e. The molecule has 8 heteroatoms. The van der Waals surface area contributed by atoms with Gasteiger partial charge in [0.15, 0.2) is 5.75 Å². The quantitative estimate of drug-likeness (QED) is 0.591. The zero-order chi connectivity index (χ0) is 21.8. The van der Waals surface area contributed by atoms with Crippen LogP contribution in [0.1, 0.15) is 15.9 Å². The molecule has 0 unspecified atom stereocenters. The summed E-state index contributed by atoms with van der Waals surface area (Å²) in [6, 6.07) is 21.4. The fourth-order valence-corrected chi connectivity index (χ4v) is 3.47. The first-order chi connectivity index (χ1) is 15.0. The average molecular weight is 438 g/mol. The molecular weight excluding hydrogens is 418 g/mol. The molecule has 0 saturated carbocycles. The molecule has 2 amide bonds. The van der Waals surface area contributed by atoms with Gasteiger partial charge in [0.2, 0.25) is 5.91 Å². The molecule has 3 aromatic rings. The van der Waals surface area contributed by atoms with Crippen molar-refractivity contribution < 1.29 is 19.5 Å². The minimum atomic E-state index is -0.215. The molecule has 0 fully saturated rings. The second kappa shape index (κ2) is 9.07. The number of amides is 2. The van der Waals surface area contributed by atoms with Gasteiger partial charge in [-0.05, 0) is 54.1 Å². The monoisotopic (exact) mass is 437 g/mol. The largest absolute Gasteiger partial charge is 0.355 e. The minimum Gasteiger partial charge on any atom is -0.355 e. The van der Waals surface area contributed by atoms with E-state index in [4.69, 9.17) is 21.5 Å². The highest BCUT2D eigenvalue weighted by Crippen LogP contribution is 2.34. The van der Waals surface area contributed by atoms with Gasteiger partial charge in [-0.2, -0.15) is 5.06 Å². The van der Waals surface area contributed by atoms with E-state index in [1.165, 1.54) is 5.06 Å². The summed E-state index contributed by atoms with van der Waals surface area (Å²) in [5.74, 6) is 0.137. The lowest BCUT2D eigenvalue weighted by molar-refractivity contribution is -0.198. The Kier molecular flexibility index (Phi) is 6.06. The number of hydrogen-bond donors (Lipinski definition) is 1. The molecule has 0 bridgehead atoms. The van der Waals surface area contributed by atoms with Crippen LogP contribution in [-0.2, 0) is 16.3 Å². The van der Waals surface area contributed by atoms with Gasteiger partial charge in [-0.3, -0.25) is 9.59 Å². The zero-order valence-corrected chi connectivity index (χ0v) is 17.5. The minimum absolute atomic E-state index is 0.0607. The fourth-order valence-electron chi connectivity index (χ4n) is 3.26. The summed E-state index contributed by atoms with van der Waals surface area (Å²) in [4.78, 5) is 37.2. The number of hydrogen-bond acceptors (Lipinski definition) is 5. The standard InChI is InChI=1S/C23H20ClN3O4/c1-25-23(29)17-9-11-19(12-10-17)26(14-16-5-4-6-18(24)13-16)22(28)15-27-20-7-2-3-8-21(20)30-31-27/h2-13H,14-15H2,1H3,(H,25,29). The Bertz CT molecular complexity index is 1100. The molecule has 0 spiro atoms. The Morgan fingerprint density at radius 3 is 2.55 bits per heavy atom. The predicted molar refractivity (Wildman–Crippen MR) is 118 cm³/mol. The fraction of sp³-hybridized carbons (Fsp3) is 0.130. The number of carbonyl (C=O) groups is 2. The SMILES string of the molecule is CNC(=O)c1ccc(N(Cc2cccc(Cl)c2)C(=O)CN2OOc3ccccc32)cc1. The third kappa shape index (κ3) is 4.63. The highest BCUT2D eigenvalue weighted by Gasteiger charge is 2.27. The van der Waals surface area contributed by atoms with E-state index < -0.39 is 0 Å². The van der Waals surface area contributed by atoms with Gasteiger partial charge in [-0.25, -0.2) is 0 Å². The molecule has 3 aromatic carbocycles. The van der Waals surface area contributed by atoms with E-state index in [2.05, 4.69) is 5.32 Å². The van der Waals surface area contributed by atoms with Crippen molar-refractivity contribution in [2.45, 2.75) is 6.54 Å². The maximum Gasteiger partial charge on any atom is 0.251 e. The topological polar surface area (TPSA) is 71.1 Å². The van der Waals surface area contributed by atoms with E-state index in [0.29, 0.717) is 34.3 Å². The van der Waals surface area contributed by atoms with Crippen LogP contribution in [-0.4, -0.2) is 25.4 Å². The molecule has 31 heavy (non-hydrogen) atoms. The van der Waals surface area contributed by atoms with Crippen molar-refractivity contribution in [2.75, 3.05) is 23.6 Å². The van der Waals surface area contributed by atoms with Crippen LogP contribution < -0.4 is 20.2 Å². The molecule has 1 heterocycles. The first kappa shape index (κ1) is 20.7. The number of hydroxylamine groups is 1. The molecule has 1 N–H and O–H groups in total. The number of nitrogens with one attached hydrogen (secondary N) is 1. The maximum absolute atomic E-state index is 13.3. The van der Waals surface area contributed by atoms with Crippen LogP contribution in [0.4, 0.5) is 11.4 Å². The number of benzene rings is 3. The molecule has 4 rings (SSSR count). The van der Waals surface area contributed by atoms with Crippen LogP contribution in [0.5, 0.6) is 5.75 Å². The second-order valence-corrected chi connectivity index (χ2v) is 7.33. The first-order valence-corrected chi connectivity index (χ1v) is 10.0. The Labute approximate surface area is 184 Å². The third-order valence-corrected chi connectivity index (χ3v) is 5.06. The van der Waals surface area contributed by atoms with Crippen LogP contribution in [0.3, 0.4) is 0 Å². The summed E-state index contributed by atoms with van der Waals surface area (Å²) in [5, 5.41) is 4.58. The highest BCUT2D eigenvalue weighted by atomic mass is 35.5. The summed E-state index contributed by atoms with van der Waals surface area (Å²) in [7, 11) is 1.57. The summed E-state index contributed by atoms with van der Waals surface area (Å²) >= 11 is 6.13. The van der Waals surface area contributed by atoms with Crippen molar-refractivity contribution in [3.05, 3.63) is 88.9 Å². The molecule has 0 radical (unpaired) electrons. The second-order valence-electron chi connectivity index (χ2n) is 6.90. The molecule has 1 aliphatic rings. The lowest BCUT2D eigenvalue weighted by Crippen LogP contribution is -2.39. The van der Waals surface area contributed by atoms with Crippen molar-refractivity contribution >= 4 is 34.8 Å². The van der Waals surface area contributed by atoms with E-state index in [9.17, 15) is 9.59 Å². The number of fused-ring (bicyclic) bond motifs is 1. The number of para-hydroxylation sites is 2. The van der Waals surface area contributed by atoms with Crippen LogP contribution in [0.15, 0.2) is 72.8 Å². The van der Waals surface area contributed by atoms with Crippen LogP contribution in [0.25, 0.3) is 0 Å². The van der Waals surface area contributed by atoms with Gasteiger partial charge in [0.25, 0.3) is 5.91 Å². The van der Waals surface area contributed by atoms with Gasteiger partial charge in [-0.15, -0.1) is 0 Å². The van der Waals surface area contributed by atoms with Gasteiger partial charge >= 0.3 is 0 Å². The molecule has 0 aliphatic carbocycles. The van der Waals surface area contributed by atoms with Crippen molar-refractivity contribution in [1.29, 1.82) is 0 Å². The van der Waals surface area contributed by atoms with E-state index in [1.54, 1.807) is 48.3 Å². The summed E-state index contributed by atoms with van der Waals surface area (Å²) in [6.45, 7) is 0.240. The number of halogens is 1. The predicted octanol–water partition coefficient (Wildman–Crippen LogP) is 3.98. The molecule has 7 nitrogen and oxygen atoms in total. The molecule has 1 aliphatic heterocycles. The van der Waals surface area contributed by atoms with Crippen molar-refractivity contribution in [3.63, 3.8) is 0 Å². The van der Waals surface area contributed by atoms with Crippen molar-refractivity contribution in [2.24, 2.45) is 0 Å². The van der Waals surface area contributed by atoms with E-state index in [0.717, 1.165) is 5.56 Å². The Morgan fingerprint density at radius 1 is 1.03 bits per heavy atom. The summed E-state index contributed by atoms with van der Waals surface area (Å²) in [6.07, 6.45) is 0. The van der Waals surface area contributed by atoms with Crippen LogP contribution in [0.2, 0.25) is 5.02 Å². The molecule has 158 valence electrons. The Hall–Kier alpha value is -3.55. The maximum atomic E-state index is 13.3. The van der Waals surface area contributed by atoms with E-state index in [1.807, 2.05) is 36.4 Å². The van der Waals surface area contributed by atoms with Gasteiger partial charge in [0, 0.05) is 23.3 Å². The Balaban J connectivity index is 1.60. The zero-order valence-electron chi connectivity index (χ0n) is 16.7. The lowest BCUT2D eigenvalue weighted by Gasteiger charge is -2.25. The summed E-state index contributed by atoms with van der Waals surface area (Å²) in [5.41, 5.74) is 2.70. The van der Waals surface area contributed by atoms with Crippen LogP contribution >= 0.6 is 11.6 Å². The molecule has 0 saturated heterocycles. The summed E-state index contributed by atoms with van der Waals surface area (Å²) < 4.78 is 0. The van der Waals surface area contributed by atoms with E-state index in [-0.39, 0.29) is 18.4 Å². The van der Waals surface area contributed by atoms with Crippen molar-refractivity contribution in [1.82, 2.24) is 5.32 Å². The molecule has 0 aromatic heterocycles. The van der Waals surface area contributed by atoms with Gasteiger partial charge in [0.05, 0.1) is 6.54 Å². The van der Waals surface area contributed by atoms with Gasteiger partial charge < -0.3 is 15.1 Å².